The lowest BCUT2D eigenvalue weighted by molar-refractivity contribution is 0.626. The summed E-state index contributed by atoms with van der Waals surface area (Å²) in [7, 11) is 0. The lowest BCUT2D eigenvalue weighted by atomic mass is 10.0. The maximum Gasteiger partial charge on any atom is 0.325 e. The van der Waals surface area contributed by atoms with Crippen LogP contribution in [0.2, 0.25) is 0 Å². The van der Waals surface area contributed by atoms with E-state index in [2.05, 4.69) is 20.3 Å². The van der Waals surface area contributed by atoms with Crippen molar-refractivity contribution in [1.29, 1.82) is 0 Å². The Balaban J connectivity index is 2.44. The Labute approximate surface area is 109 Å². The molecule has 102 valence electrons. The van der Waals surface area contributed by atoms with Crippen molar-refractivity contribution < 1.29 is 0 Å². The minimum absolute atomic E-state index is 0.0248. The molecular weight excluding hydrogens is 246 g/mol. The lowest BCUT2D eigenvalue weighted by Gasteiger charge is -2.09. The van der Waals surface area contributed by atoms with Crippen LogP contribution in [0.1, 0.15) is 43.6 Å². The summed E-state index contributed by atoms with van der Waals surface area (Å²) in [5, 5.41) is 7.96. The van der Waals surface area contributed by atoms with E-state index in [1.165, 1.54) is 0 Å². The summed E-state index contributed by atoms with van der Waals surface area (Å²) in [4.78, 5) is 28.2. The second-order valence-electron chi connectivity index (χ2n) is 4.70. The molecule has 0 amide bonds. The molecule has 0 atom stereocenters. The summed E-state index contributed by atoms with van der Waals surface area (Å²) in [6.07, 6.45) is 2.20. The van der Waals surface area contributed by atoms with Crippen LogP contribution in [-0.2, 0) is 13.0 Å². The number of hydrogen-bond acceptors (Lipinski definition) is 4. The molecule has 0 bridgehead atoms. The SMILES string of the molecule is CCn1cc(Cc2[nH]c(=O)[nH]c(=O)c2C(C)C)nn1. The summed E-state index contributed by atoms with van der Waals surface area (Å²) < 4.78 is 1.70. The van der Waals surface area contributed by atoms with E-state index >= 15 is 0 Å². The first-order valence-electron chi connectivity index (χ1n) is 6.25. The molecule has 0 saturated carbocycles. The molecule has 0 spiro atoms. The predicted octanol–water partition coefficient (Wildman–Crippen LogP) is 0.389. The van der Waals surface area contributed by atoms with Gasteiger partial charge < -0.3 is 4.98 Å². The lowest BCUT2D eigenvalue weighted by Crippen LogP contribution is -2.29. The number of hydrogen-bond donors (Lipinski definition) is 2. The second kappa shape index (κ2) is 5.21. The van der Waals surface area contributed by atoms with Crippen molar-refractivity contribution in [3.63, 3.8) is 0 Å². The van der Waals surface area contributed by atoms with Gasteiger partial charge in [0.05, 0.1) is 5.69 Å². The van der Waals surface area contributed by atoms with Crippen LogP contribution >= 0.6 is 0 Å². The van der Waals surface area contributed by atoms with Crippen molar-refractivity contribution >= 4 is 0 Å². The number of aryl methyl sites for hydroxylation is 1. The number of aromatic nitrogens is 5. The van der Waals surface area contributed by atoms with E-state index in [-0.39, 0.29) is 11.5 Å². The molecule has 0 unspecified atom stereocenters. The van der Waals surface area contributed by atoms with Gasteiger partial charge in [-0.25, -0.2) is 4.79 Å². The molecular formula is C12H17N5O2. The Morgan fingerprint density at radius 3 is 2.63 bits per heavy atom. The zero-order chi connectivity index (χ0) is 14.0. The van der Waals surface area contributed by atoms with Crippen molar-refractivity contribution in [1.82, 2.24) is 25.0 Å². The minimum Gasteiger partial charge on any atom is -0.311 e. The van der Waals surface area contributed by atoms with E-state index in [1.54, 1.807) is 4.68 Å². The Hall–Kier alpha value is -2.18. The van der Waals surface area contributed by atoms with Gasteiger partial charge in [-0.1, -0.05) is 19.1 Å². The maximum absolute atomic E-state index is 11.8. The molecule has 0 aliphatic heterocycles. The fourth-order valence-corrected chi connectivity index (χ4v) is 2.05. The van der Waals surface area contributed by atoms with Crippen molar-refractivity contribution in [3.8, 4) is 0 Å². The number of nitrogens with one attached hydrogen (secondary N) is 2. The first-order chi connectivity index (χ1) is 9.01. The van der Waals surface area contributed by atoms with Crippen LogP contribution in [-0.4, -0.2) is 25.0 Å². The molecule has 0 aromatic carbocycles. The van der Waals surface area contributed by atoms with Crippen LogP contribution in [0.5, 0.6) is 0 Å². The van der Waals surface area contributed by atoms with Crippen LogP contribution in [0.3, 0.4) is 0 Å². The summed E-state index contributed by atoms with van der Waals surface area (Å²) in [5.41, 5.74) is 1.09. The van der Waals surface area contributed by atoms with Gasteiger partial charge in [-0.2, -0.15) is 0 Å². The van der Waals surface area contributed by atoms with Gasteiger partial charge >= 0.3 is 5.69 Å². The average molecular weight is 263 g/mol. The van der Waals surface area contributed by atoms with E-state index in [9.17, 15) is 9.59 Å². The van der Waals surface area contributed by atoms with Gasteiger partial charge in [0.25, 0.3) is 5.56 Å². The van der Waals surface area contributed by atoms with Gasteiger partial charge in [0, 0.05) is 30.4 Å². The fraction of sp³-hybridized carbons (Fsp3) is 0.500. The molecule has 7 nitrogen and oxygen atoms in total. The first kappa shape index (κ1) is 13.3. The largest absolute Gasteiger partial charge is 0.325 e. The third-order valence-corrected chi connectivity index (χ3v) is 2.91. The zero-order valence-electron chi connectivity index (χ0n) is 11.2. The summed E-state index contributed by atoms with van der Waals surface area (Å²) in [6.45, 7) is 6.52. The predicted molar refractivity (Wildman–Crippen MR) is 70.3 cm³/mol. The number of aromatic amines is 2. The molecule has 2 N–H and O–H groups in total. The molecule has 0 aliphatic rings. The van der Waals surface area contributed by atoms with Gasteiger partial charge in [-0.15, -0.1) is 5.10 Å². The third kappa shape index (κ3) is 2.81. The fourth-order valence-electron chi connectivity index (χ4n) is 2.05. The molecule has 2 rings (SSSR count). The highest BCUT2D eigenvalue weighted by atomic mass is 16.2. The third-order valence-electron chi connectivity index (χ3n) is 2.91. The van der Waals surface area contributed by atoms with E-state index < -0.39 is 5.69 Å². The van der Waals surface area contributed by atoms with E-state index in [4.69, 9.17) is 0 Å². The quantitative estimate of drug-likeness (QED) is 0.833. The molecule has 2 aromatic rings. The van der Waals surface area contributed by atoms with Gasteiger partial charge in [-0.05, 0) is 12.8 Å². The van der Waals surface area contributed by atoms with Gasteiger partial charge in [0.1, 0.15) is 0 Å². The molecule has 2 aromatic heterocycles. The molecule has 19 heavy (non-hydrogen) atoms. The topological polar surface area (TPSA) is 96.4 Å². The maximum atomic E-state index is 11.8. The first-order valence-corrected chi connectivity index (χ1v) is 6.25. The molecule has 7 heteroatoms. The van der Waals surface area contributed by atoms with Crippen molar-refractivity contribution in [2.75, 3.05) is 0 Å². The minimum atomic E-state index is -0.493. The van der Waals surface area contributed by atoms with Crippen LogP contribution in [0, 0.1) is 0 Å². The monoisotopic (exact) mass is 263 g/mol. The van der Waals surface area contributed by atoms with E-state index in [0.29, 0.717) is 17.7 Å². The van der Waals surface area contributed by atoms with Crippen LogP contribution in [0.4, 0.5) is 0 Å². The van der Waals surface area contributed by atoms with Gasteiger partial charge in [0.2, 0.25) is 0 Å². The standard InChI is InChI=1S/C12H17N5O2/c1-4-17-6-8(15-16-17)5-9-10(7(2)3)11(18)14-12(19)13-9/h6-7H,4-5H2,1-3H3,(H2,13,14,18,19). The second-order valence-corrected chi connectivity index (χ2v) is 4.70. The summed E-state index contributed by atoms with van der Waals surface area (Å²) >= 11 is 0. The smallest absolute Gasteiger partial charge is 0.311 e. The molecule has 0 radical (unpaired) electrons. The Kier molecular flexibility index (Phi) is 3.64. The van der Waals surface area contributed by atoms with Gasteiger partial charge in [0.15, 0.2) is 0 Å². The van der Waals surface area contributed by atoms with Crippen LogP contribution < -0.4 is 11.2 Å². The number of rotatable bonds is 4. The van der Waals surface area contributed by atoms with Crippen molar-refractivity contribution in [3.05, 3.63) is 44.0 Å². The van der Waals surface area contributed by atoms with Crippen molar-refractivity contribution in [2.45, 2.75) is 39.7 Å². The normalized spacial score (nSPS) is 11.2. The van der Waals surface area contributed by atoms with E-state index in [1.807, 2.05) is 27.0 Å². The van der Waals surface area contributed by atoms with Crippen LogP contribution in [0.15, 0.2) is 15.8 Å². The number of nitrogens with zero attached hydrogens (tertiary/aromatic N) is 3. The molecule has 2 heterocycles. The highest BCUT2D eigenvalue weighted by molar-refractivity contribution is 5.23. The number of H-pyrrole nitrogens is 2. The molecule has 0 aliphatic carbocycles. The Morgan fingerprint density at radius 1 is 1.32 bits per heavy atom. The van der Waals surface area contributed by atoms with Crippen molar-refractivity contribution in [2.24, 2.45) is 0 Å². The highest BCUT2D eigenvalue weighted by Crippen LogP contribution is 2.14. The van der Waals surface area contributed by atoms with Crippen LogP contribution in [0.25, 0.3) is 0 Å². The van der Waals surface area contributed by atoms with E-state index in [0.717, 1.165) is 12.2 Å². The zero-order valence-corrected chi connectivity index (χ0v) is 11.2. The Bertz CT molecular complexity index is 680. The molecule has 0 fully saturated rings. The highest BCUT2D eigenvalue weighted by Gasteiger charge is 2.14. The van der Waals surface area contributed by atoms with Gasteiger partial charge in [-0.3, -0.25) is 14.5 Å². The average Bonchev–Trinajstić information content (AvgIpc) is 2.75. The Morgan fingerprint density at radius 2 is 2.05 bits per heavy atom. The molecule has 0 saturated heterocycles. The summed E-state index contributed by atoms with van der Waals surface area (Å²) in [6, 6.07) is 0. The summed E-state index contributed by atoms with van der Waals surface area (Å²) in [5.74, 6) is 0.0248.